The van der Waals surface area contributed by atoms with E-state index in [1.807, 2.05) is 0 Å². The molecule has 5 rings (SSSR count). The van der Waals surface area contributed by atoms with E-state index in [0.717, 1.165) is 0 Å². The topological polar surface area (TPSA) is 0 Å². The minimum Gasteiger partial charge on any atom is -0.0620 e. The van der Waals surface area contributed by atoms with Gasteiger partial charge in [-0.1, -0.05) is 100 Å². The van der Waals surface area contributed by atoms with Crippen molar-refractivity contribution in [2.75, 3.05) is 0 Å². The molecule has 0 spiro atoms. The molecule has 1 unspecified atom stereocenters. The molecule has 3 aromatic carbocycles. The van der Waals surface area contributed by atoms with E-state index in [0.29, 0.717) is 11.8 Å². The minimum absolute atomic E-state index is 0.200. The van der Waals surface area contributed by atoms with Crippen LogP contribution in [0.15, 0.2) is 72.8 Å². The van der Waals surface area contributed by atoms with E-state index in [1.165, 1.54) is 35.1 Å². The molecule has 3 aromatic rings. The van der Waals surface area contributed by atoms with Gasteiger partial charge in [0, 0.05) is 5.92 Å². The molecule has 0 aromatic heterocycles. The number of hydrogen-bond acceptors (Lipinski definition) is 0. The summed E-state index contributed by atoms with van der Waals surface area (Å²) >= 11 is 0. The molecular weight excluding hydrogens is 336 g/mol. The van der Waals surface area contributed by atoms with Gasteiger partial charge in [0.05, 0.1) is 0 Å². The van der Waals surface area contributed by atoms with Crippen molar-refractivity contribution < 1.29 is 0 Å². The number of rotatable bonds is 2. The average molecular weight is 367 g/mol. The normalized spacial score (nSPS) is 21.6. The molecule has 2 aliphatic rings. The van der Waals surface area contributed by atoms with E-state index >= 15 is 0 Å². The lowest BCUT2D eigenvalue weighted by atomic mass is 9.54. The minimum atomic E-state index is 0.200. The second-order valence-corrected chi connectivity index (χ2v) is 9.96. The van der Waals surface area contributed by atoms with Gasteiger partial charge in [0.25, 0.3) is 0 Å². The highest BCUT2D eigenvalue weighted by Crippen LogP contribution is 2.57. The maximum atomic E-state index is 2.46. The van der Waals surface area contributed by atoms with Gasteiger partial charge < -0.3 is 0 Å². The molecule has 0 radical (unpaired) electrons. The Balaban J connectivity index is 1.60. The predicted molar refractivity (Wildman–Crippen MR) is 119 cm³/mol. The molecule has 2 aliphatic carbocycles. The Morgan fingerprint density at radius 2 is 1.18 bits per heavy atom. The third-order valence-corrected chi connectivity index (χ3v) is 8.01. The molecule has 142 valence electrons. The molecule has 0 N–H and O–H groups in total. The summed E-state index contributed by atoms with van der Waals surface area (Å²) in [6, 6.07) is 27.3. The number of hydrogen-bond donors (Lipinski definition) is 0. The molecule has 1 atom stereocenters. The number of fused-ring (bicyclic) bond motifs is 4. The van der Waals surface area contributed by atoms with Crippen molar-refractivity contribution in [2.45, 2.75) is 57.8 Å². The summed E-state index contributed by atoms with van der Waals surface area (Å²) in [6.07, 6.45) is 2.45. The molecule has 0 bridgehead atoms. The Labute approximate surface area is 169 Å². The molecule has 0 heterocycles. The van der Waals surface area contributed by atoms with Gasteiger partial charge in [-0.2, -0.15) is 0 Å². The van der Waals surface area contributed by atoms with Crippen LogP contribution in [0.5, 0.6) is 0 Å². The SMILES string of the molecule is CC1(C)CC(CC2c3ccccc3-c3ccccc32)c2ccccc2C1(C)C. The lowest BCUT2D eigenvalue weighted by molar-refractivity contribution is 0.143. The summed E-state index contributed by atoms with van der Waals surface area (Å²) in [7, 11) is 0. The van der Waals surface area contributed by atoms with Crippen molar-refractivity contribution in [1.82, 2.24) is 0 Å². The molecule has 0 saturated heterocycles. The van der Waals surface area contributed by atoms with E-state index in [1.54, 1.807) is 11.1 Å². The number of benzene rings is 3. The summed E-state index contributed by atoms with van der Waals surface area (Å²) in [4.78, 5) is 0. The van der Waals surface area contributed by atoms with Crippen LogP contribution in [0.2, 0.25) is 0 Å². The first kappa shape index (κ1) is 17.7. The van der Waals surface area contributed by atoms with Gasteiger partial charge in [0.1, 0.15) is 0 Å². The van der Waals surface area contributed by atoms with Crippen molar-refractivity contribution in [3.05, 3.63) is 95.1 Å². The van der Waals surface area contributed by atoms with Crippen molar-refractivity contribution in [3.8, 4) is 11.1 Å². The van der Waals surface area contributed by atoms with E-state index < -0.39 is 0 Å². The highest BCUT2D eigenvalue weighted by molar-refractivity contribution is 5.78. The molecule has 0 fully saturated rings. The molecule has 0 heteroatoms. The third kappa shape index (κ3) is 2.43. The van der Waals surface area contributed by atoms with Crippen LogP contribution < -0.4 is 0 Å². The zero-order valence-corrected chi connectivity index (χ0v) is 17.5. The van der Waals surface area contributed by atoms with Crippen LogP contribution >= 0.6 is 0 Å². The quantitative estimate of drug-likeness (QED) is 0.436. The fourth-order valence-corrected chi connectivity index (χ4v) is 5.78. The van der Waals surface area contributed by atoms with E-state index in [2.05, 4.69) is 100 Å². The molecule has 0 nitrogen and oxygen atoms in total. The second kappa shape index (κ2) is 6.08. The Hall–Kier alpha value is -2.34. The highest BCUT2D eigenvalue weighted by Gasteiger charge is 2.46. The van der Waals surface area contributed by atoms with E-state index in [9.17, 15) is 0 Å². The largest absolute Gasteiger partial charge is 0.0620 e. The lowest BCUT2D eigenvalue weighted by Crippen LogP contribution is -2.42. The van der Waals surface area contributed by atoms with E-state index in [-0.39, 0.29) is 10.8 Å². The summed E-state index contributed by atoms with van der Waals surface area (Å²) in [6.45, 7) is 9.80. The third-order valence-electron chi connectivity index (χ3n) is 8.01. The highest BCUT2D eigenvalue weighted by atomic mass is 14.5. The van der Waals surface area contributed by atoms with Gasteiger partial charge in [-0.05, 0) is 63.0 Å². The first-order chi connectivity index (χ1) is 13.4. The van der Waals surface area contributed by atoms with Gasteiger partial charge in [-0.25, -0.2) is 0 Å². The Kier molecular flexibility index (Phi) is 3.85. The van der Waals surface area contributed by atoms with Crippen molar-refractivity contribution in [3.63, 3.8) is 0 Å². The average Bonchev–Trinajstić information content (AvgIpc) is 3.00. The zero-order chi connectivity index (χ0) is 19.5. The van der Waals surface area contributed by atoms with Crippen LogP contribution in [0.4, 0.5) is 0 Å². The lowest BCUT2D eigenvalue weighted by Gasteiger charge is -2.50. The Bertz CT molecular complexity index is 992. The van der Waals surface area contributed by atoms with Crippen LogP contribution in [-0.4, -0.2) is 0 Å². The van der Waals surface area contributed by atoms with Crippen LogP contribution in [-0.2, 0) is 5.41 Å². The molecule has 0 amide bonds. The van der Waals surface area contributed by atoms with Gasteiger partial charge in [0.15, 0.2) is 0 Å². The summed E-state index contributed by atoms with van der Waals surface area (Å²) < 4.78 is 0. The predicted octanol–water partition coefficient (Wildman–Crippen LogP) is 7.68. The summed E-state index contributed by atoms with van der Waals surface area (Å²) in [5.41, 5.74) is 9.52. The van der Waals surface area contributed by atoms with Crippen LogP contribution in [0.3, 0.4) is 0 Å². The zero-order valence-electron chi connectivity index (χ0n) is 17.5. The maximum absolute atomic E-state index is 2.46. The van der Waals surface area contributed by atoms with Gasteiger partial charge >= 0.3 is 0 Å². The Morgan fingerprint density at radius 1 is 0.679 bits per heavy atom. The summed E-state index contributed by atoms with van der Waals surface area (Å²) in [5, 5.41) is 0. The standard InChI is InChI=1S/C28H30/c1-27(2)18-19(20-11-9-10-16-26(20)28(27,3)4)17-25-23-14-7-5-12-21(23)22-13-6-8-15-24(22)25/h5-16,19,25H,17-18H2,1-4H3. The first-order valence-electron chi connectivity index (χ1n) is 10.7. The smallest absolute Gasteiger partial charge is 0.0107 e. The van der Waals surface area contributed by atoms with Gasteiger partial charge in [-0.3, -0.25) is 0 Å². The monoisotopic (exact) mass is 366 g/mol. The fraction of sp³-hybridized carbons (Fsp3) is 0.357. The van der Waals surface area contributed by atoms with Gasteiger partial charge in [0.2, 0.25) is 0 Å². The van der Waals surface area contributed by atoms with Crippen molar-refractivity contribution in [1.29, 1.82) is 0 Å². The molecular formula is C28H30. The fourth-order valence-electron chi connectivity index (χ4n) is 5.78. The first-order valence-corrected chi connectivity index (χ1v) is 10.7. The van der Waals surface area contributed by atoms with Crippen molar-refractivity contribution >= 4 is 0 Å². The van der Waals surface area contributed by atoms with Crippen molar-refractivity contribution in [2.24, 2.45) is 5.41 Å². The molecule has 28 heavy (non-hydrogen) atoms. The summed E-state index contributed by atoms with van der Waals surface area (Å²) in [5.74, 6) is 1.10. The Morgan fingerprint density at radius 3 is 1.79 bits per heavy atom. The molecule has 0 aliphatic heterocycles. The van der Waals surface area contributed by atoms with E-state index in [4.69, 9.17) is 0 Å². The van der Waals surface area contributed by atoms with Crippen LogP contribution in [0.1, 0.15) is 74.6 Å². The second-order valence-electron chi connectivity index (χ2n) is 9.96. The van der Waals surface area contributed by atoms with Gasteiger partial charge in [-0.15, -0.1) is 0 Å². The van der Waals surface area contributed by atoms with Crippen LogP contribution in [0, 0.1) is 5.41 Å². The molecule has 0 saturated carbocycles. The van der Waals surface area contributed by atoms with Crippen LogP contribution in [0.25, 0.3) is 11.1 Å². The maximum Gasteiger partial charge on any atom is 0.0107 e.